The van der Waals surface area contributed by atoms with Crippen LogP contribution in [-0.2, 0) is 4.74 Å². The lowest BCUT2D eigenvalue weighted by molar-refractivity contribution is 0.0526. The van der Waals surface area contributed by atoms with Gasteiger partial charge in [-0.2, -0.15) is 5.10 Å². The van der Waals surface area contributed by atoms with Gasteiger partial charge in [-0.25, -0.2) is 4.79 Å². The smallest absolute Gasteiger partial charge is 0.343 e. The average Bonchev–Trinajstić information content (AvgIpc) is 2.79. The number of aromatic amines is 1. The number of anilines is 1. The summed E-state index contributed by atoms with van der Waals surface area (Å²) < 4.78 is 5.06. The molecule has 1 heterocycles. The summed E-state index contributed by atoms with van der Waals surface area (Å²) >= 11 is 0. The quantitative estimate of drug-likeness (QED) is 0.803. The van der Waals surface area contributed by atoms with Crippen molar-refractivity contribution in [2.45, 2.75) is 46.0 Å². The van der Waals surface area contributed by atoms with Crippen LogP contribution in [0.3, 0.4) is 0 Å². The van der Waals surface area contributed by atoms with Crippen molar-refractivity contribution in [3.8, 4) is 0 Å². The number of hydrogen-bond acceptors (Lipinski definition) is 4. The molecule has 0 atom stereocenters. The summed E-state index contributed by atoms with van der Waals surface area (Å²) in [5.74, 6) is 1.02. The minimum absolute atomic E-state index is 0.306. The highest BCUT2D eigenvalue weighted by Crippen LogP contribution is 2.25. The Morgan fingerprint density at radius 1 is 1.42 bits per heavy atom. The topological polar surface area (TPSA) is 67.0 Å². The third kappa shape index (κ3) is 3.49. The van der Waals surface area contributed by atoms with Crippen LogP contribution in [0.2, 0.25) is 0 Å². The summed E-state index contributed by atoms with van der Waals surface area (Å²) in [4.78, 5) is 11.9. The summed E-state index contributed by atoms with van der Waals surface area (Å²) in [5.41, 5.74) is 1.29. The minimum Gasteiger partial charge on any atom is -0.462 e. The predicted molar refractivity (Wildman–Crippen MR) is 74.3 cm³/mol. The van der Waals surface area contributed by atoms with Crippen molar-refractivity contribution < 1.29 is 9.53 Å². The zero-order valence-corrected chi connectivity index (χ0v) is 11.8. The van der Waals surface area contributed by atoms with E-state index in [1.807, 2.05) is 13.8 Å². The van der Waals surface area contributed by atoms with E-state index in [-0.39, 0.29) is 5.97 Å². The van der Waals surface area contributed by atoms with E-state index in [0.717, 1.165) is 12.2 Å². The second-order valence-electron chi connectivity index (χ2n) is 5.18. The van der Waals surface area contributed by atoms with Crippen LogP contribution < -0.4 is 5.32 Å². The van der Waals surface area contributed by atoms with Crippen LogP contribution >= 0.6 is 0 Å². The Morgan fingerprint density at radius 2 is 2.16 bits per heavy atom. The fraction of sp³-hybridized carbons (Fsp3) is 0.714. The van der Waals surface area contributed by atoms with Gasteiger partial charge in [-0.15, -0.1) is 0 Å². The Balaban J connectivity index is 1.97. The van der Waals surface area contributed by atoms with E-state index in [9.17, 15) is 4.79 Å². The third-order valence-electron chi connectivity index (χ3n) is 3.71. The van der Waals surface area contributed by atoms with E-state index in [1.54, 1.807) is 0 Å². The molecule has 1 fully saturated rings. The maximum absolute atomic E-state index is 11.9. The van der Waals surface area contributed by atoms with Crippen LogP contribution in [0.4, 0.5) is 5.82 Å². The Morgan fingerprint density at radius 3 is 2.84 bits per heavy atom. The number of hydrogen-bond donors (Lipinski definition) is 2. The molecule has 0 aromatic carbocycles. The summed E-state index contributed by atoms with van der Waals surface area (Å²) in [6.07, 6.45) is 6.52. The first-order valence-electron chi connectivity index (χ1n) is 7.18. The van der Waals surface area contributed by atoms with Crippen LogP contribution in [0.1, 0.15) is 55.1 Å². The molecule has 1 saturated carbocycles. The summed E-state index contributed by atoms with van der Waals surface area (Å²) in [6, 6.07) is 0. The molecule has 106 valence electrons. The number of nitrogens with zero attached hydrogens (tertiary/aromatic N) is 1. The predicted octanol–water partition coefficient (Wildman–Crippen LogP) is 2.89. The molecule has 1 aliphatic carbocycles. The van der Waals surface area contributed by atoms with Crippen LogP contribution in [0.15, 0.2) is 0 Å². The van der Waals surface area contributed by atoms with Crippen LogP contribution in [0, 0.1) is 12.8 Å². The molecule has 1 aliphatic rings. The van der Waals surface area contributed by atoms with E-state index in [4.69, 9.17) is 4.74 Å². The van der Waals surface area contributed by atoms with Gasteiger partial charge in [0.15, 0.2) is 5.82 Å². The van der Waals surface area contributed by atoms with Gasteiger partial charge < -0.3 is 10.1 Å². The molecule has 2 N–H and O–H groups in total. The Hall–Kier alpha value is -1.52. The first-order valence-corrected chi connectivity index (χ1v) is 7.18. The molecule has 0 spiro atoms. The van der Waals surface area contributed by atoms with Gasteiger partial charge in [0, 0.05) is 12.2 Å². The molecular formula is C14H23N3O2. The van der Waals surface area contributed by atoms with Crippen LogP contribution in [0.5, 0.6) is 0 Å². The average molecular weight is 265 g/mol. The van der Waals surface area contributed by atoms with Crippen molar-refractivity contribution in [2.24, 2.45) is 5.92 Å². The normalized spacial score (nSPS) is 16.3. The van der Waals surface area contributed by atoms with Crippen molar-refractivity contribution in [1.82, 2.24) is 10.2 Å². The van der Waals surface area contributed by atoms with E-state index in [1.165, 1.54) is 32.1 Å². The highest BCUT2D eigenvalue weighted by molar-refractivity contribution is 5.95. The van der Waals surface area contributed by atoms with Crippen molar-refractivity contribution in [3.63, 3.8) is 0 Å². The van der Waals surface area contributed by atoms with Crippen molar-refractivity contribution in [3.05, 3.63) is 11.3 Å². The molecule has 0 radical (unpaired) electrons. The van der Waals surface area contributed by atoms with Gasteiger partial charge in [0.05, 0.1) is 6.61 Å². The molecule has 0 saturated heterocycles. The molecule has 19 heavy (non-hydrogen) atoms. The molecule has 2 rings (SSSR count). The Bertz CT molecular complexity index is 422. The zero-order valence-electron chi connectivity index (χ0n) is 11.8. The monoisotopic (exact) mass is 265 g/mol. The first kappa shape index (κ1) is 13.9. The van der Waals surface area contributed by atoms with E-state index in [0.29, 0.717) is 23.9 Å². The van der Waals surface area contributed by atoms with Crippen molar-refractivity contribution in [2.75, 3.05) is 18.5 Å². The maximum atomic E-state index is 11.9. The van der Waals surface area contributed by atoms with Gasteiger partial charge in [-0.3, -0.25) is 5.10 Å². The highest BCUT2D eigenvalue weighted by atomic mass is 16.5. The molecule has 5 heteroatoms. The second kappa shape index (κ2) is 6.59. The largest absolute Gasteiger partial charge is 0.462 e. The summed E-state index contributed by atoms with van der Waals surface area (Å²) in [6.45, 7) is 4.91. The molecule has 1 aromatic rings. The van der Waals surface area contributed by atoms with Gasteiger partial charge in [0.2, 0.25) is 0 Å². The fourth-order valence-corrected chi connectivity index (χ4v) is 2.64. The molecular weight excluding hydrogens is 242 g/mol. The highest BCUT2D eigenvalue weighted by Gasteiger charge is 2.20. The molecule has 0 aliphatic heterocycles. The number of esters is 1. The Labute approximate surface area is 114 Å². The van der Waals surface area contributed by atoms with Gasteiger partial charge in [-0.1, -0.05) is 19.3 Å². The second-order valence-corrected chi connectivity index (χ2v) is 5.18. The lowest BCUT2D eigenvalue weighted by atomic mass is 9.89. The number of nitrogens with one attached hydrogen (secondary N) is 2. The maximum Gasteiger partial charge on any atom is 0.343 e. The standard InChI is InChI=1S/C14H23N3O2/c1-3-19-14(18)12-10(2)16-17-13(12)15-9-11-7-5-4-6-8-11/h11H,3-9H2,1-2H3,(H2,15,16,17). The molecule has 0 unspecified atom stereocenters. The number of carbonyl (C=O) groups excluding carboxylic acids is 1. The van der Waals surface area contributed by atoms with Crippen LogP contribution in [-0.4, -0.2) is 29.3 Å². The lowest BCUT2D eigenvalue weighted by Gasteiger charge is -2.21. The Kier molecular flexibility index (Phi) is 4.82. The number of H-pyrrole nitrogens is 1. The number of rotatable bonds is 5. The third-order valence-corrected chi connectivity index (χ3v) is 3.71. The zero-order chi connectivity index (χ0) is 13.7. The van der Waals surface area contributed by atoms with Crippen molar-refractivity contribution in [1.29, 1.82) is 0 Å². The summed E-state index contributed by atoms with van der Waals surface area (Å²) in [5, 5.41) is 10.3. The number of aryl methyl sites for hydroxylation is 1. The number of aromatic nitrogens is 2. The van der Waals surface area contributed by atoms with Crippen LogP contribution in [0.25, 0.3) is 0 Å². The van der Waals surface area contributed by atoms with Gasteiger partial charge >= 0.3 is 5.97 Å². The van der Waals surface area contributed by atoms with E-state index >= 15 is 0 Å². The van der Waals surface area contributed by atoms with Gasteiger partial charge in [-0.05, 0) is 32.6 Å². The molecule has 0 amide bonds. The molecule has 5 nitrogen and oxygen atoms in total. The summed E-state index contributed by atoms with van der Waals surface area (Å²) in [7, 11) is 0. The molecule has 0 bridgehead atoms. The van der Waals surface area contributed by atoms with E-state index in [2.05, 4.69) is 15.5 Å². The SMILES string of the molecule is CCOC(=O)c1c(NCC2CCCCC2)n[nH]c1C. The minimum atomic E-state index is -0.306. The number of carbonyl (C=O) groups is 1. The lowest BCUT2D eigenvalue weighted by Crippen LogP contribution is -2.19. The molecule has 1 aromatic heterocycles. The number of ether oxygens (including phenoxy) is 1. The van der Waals surface area contributed by atoms with Gasteiger partial charge in [0.25, 0.3) is 0 Å². The van der Waals surface area contributed by atoms with Gasteiger partial charge in [0.1, 0.15) is 5.56 Å². The van der Waals surface area contributed by atoms with Crippen molar-refractivity contribution >= 4 is 11.8 Å². The fourth-order valence-electron chi connectivity index (χ4n) is 2.64. The first-order chi connectivity index (χ1) is 9.22. The van der Waals surface area contributed by atoms with E-state index < -0.39 is 0 Å².